The summed E-state index contributed by atoms with van der Waals surface area (Å²) in [5, 5.41) is 2.99. The first-order valence-corrected chi connectivity index (χ1v) is 6.51. The van der Waals surface area contributed by atoms with Gasteiger partial charge in [-0.15, -0.1) is 11.6 Å². The van der Waals surface area contributed by atoms with Gasteiger partial charge in [-0.05, 0) is 19.3 Å². The van der Waals surface area contributed by atoms with Crippen LogP contribution in [0.3, 0.4) is 0 Å². The average Bonchev–Trinajstić information content (AvgIpc) is 2.28. The van der Waals surface area contributed by atoms with Crippen LogP contribution in [0.4, 0.5) is 0 Å². The maximum absolute atomic E-state index is 11.5. The van der Waals surface area contributed by atoms with Crippen LogP contribution in [0.25, 0.3) is 0 Å². The van der Waals surface area contributed by atoms with Crippen molar-refractivity contribution in [3.63, 3.8) is 0 Å². The van der Waals surface area contributed by atoms with Crippen LogP contribution in [0.1, 0.15) is 25.7 Å². The summed E-state index contributed by atoms with van der Waals surface area (Å²) in [4.78, 5) is 24.2. The standard InChI is InChI=1S/C11H20ClN3O2/c12-5-1-2-11(17)14-9-3-6-15(7-4-9)8-10(13)16/h9H,1-8H2,(H2,13,16)(H,14,17). The third-order valence-corrected chi connectivity index (χ3v) is 3.14. The summed E-state index contributed by atoms with van der Waals surface area (Å²) in [6.45, 7) is 1.93. The fraction of sp³-hybridized carbons (Fsp3) is 0.818. The highest BCUT2D eigenvalue weighted by atomic mass is 35.5. The summed E-state index contributed by atoms with van der Waals surface area (Å²) >= 11 is 5.53. The molecule has 1 heterocycles. The zero-order valence-corrected chi connectivity index (χ0v) is 10.7. The molecule has 0 unspecified atom stereocenters. The van der Waals surface area contributed by atoms with E-state index in [9.17, 15) is 9.59 Å². The molecule has 0 aromatic rings. The lowest BCUT2D eigenvalue weighted by Crippen LogP contribution is -2.46. The zero-order valence-electron chi connectivity index (χ0n) is 9.95. The lowest BCUT2D eigenvalue weighted by molar-refractivity contribution is -0.123. The second kappa shape index (κ2) is 7.50. The van der Waals surface area contributed by atoms with Gasteiger partial charge in [-0.25, -0.2) is 0 Å². The largest absolute Gasteiger partial charge is 0.369 e. The Labute approximate surface area is 107 Å². The van der Waals surface area contributed by atoms with Gasteiger partial charge < -0.3 is 11.1 Å². The first-order chi connectivity index (χ1) is 8.11. The summed E-state index contributed by atoms with van der Waals surface area (Å²) in [7, 11) is 0. The summed E-state index contributed by atoms with van der Waals surface area (Å²) in [5.41, 5.74) is 5.13. The van der Waals surface area contributed by atoms with Gasteiger partial charge in [0.15, 0.2) is 0 Å². The molecule has 0 bridgehead atoms. The zero-order chi connectivity index (χ0) is 12.7. The molecule has 0 radical (unpaired) electrons. The fourth-order valence-corrected chi connectivity index (χ4v) is 2.12. The van der Waals surface area contributed by atoms with E-state index < -0.39 is 0 Å². The third-order valence-electron chi connectivity index (χ3n) is 2.87. The molecule has 0 saturated carbocycles. The number of nitrogens with two attached hydrogens (primary N) is 1. The van der Waals surface area contributed by atoms with E-state index in [1.54, 1.807) is 0 Å². The maximum Gasteiger partial charge on any atom is 0.231 e. The molecule has 5 nitrogen and oxygen atoms in total. The number of amides is 2. The van der Waals surface area contributed by atoms with Gasteiger partial charge >= 0.3 is 0 Å². The van der Waals surface area contributed by atoms with Crippen LogP contribution in [0.2, 0.25) is 0 Å². The van der Waals surface area contributed by atoms with E-state index in [1.165, 1.54) is 0 Å². The van der Waals surface area contributed by atoms with Crippen molar-refractivity contribution < 1.29 is 9.59 Å². The second-order valence-electron chi connectivity index (χ2n) is 4.38. The van der Waals surface area contributed by atoms with Gasteiger partial charge in [0.05, 0.1) is 6.54 Å². The van der Waals surface area contributed by atoms with Crippen LogP contribution in [-0.4, -0.2) is 48.3 Å². The lowest BCUT2D eigenvalue weighted by atomic mass is 10.0. The topological polar surface area (TPSA) is 75.4 Å². The van der Waals surface area contributed by atoms with Gasteiger partial charge in [-0.1, -0.05) is 0 Å². The number of carbonyl (C=O) groups excluding carboxylic acids is 2. The first kappa shape index (κ1) is 14.3. The SMILES string of the molecule is NC(=O)CN1CCC(NC(=O)CCCCl)CC1. The van der Waals surface area contributed by atoms with Crippen molar-refractivity contribution in [1.82, 2.24) is 10.2 Å². The minimum atomic E-state index is -0.297. The van der Waals surface area contributed by atoms with Crippen molar-refractivity contribution in [2.45, 2.75) is 31.7 Å². The van der Waals surface area contributed by atoms with Gasteiger partial charge in [0.25, 0.3) is 0 Å². The van der Waals surface area contributed by atoms with Crippen LogP contribution in [0.5, 0.6) is 0 Å². The summed E-state index contributed by atoms with van der Waals surface area (Å²) in [6, 6.07) is 0.224. The van der Waals surface area contributed by atoms with Gasteiger partial charge in [0.2, 0.25) is 11.8 Å². The molecule has 98 valence electrons. The molecule has 0 aromatic heterocycles. The number of hydrogen-bond acceptors (Lipinski definition) is 3. The predicted molar refractivity (Wildman–Crippen MR) is 66.8 cm³/mol. The number of primary amides is 1. The number of rotatable bonds is 6. The quantitative estimate of drug-likeness (QED) is 0.665. The van der Waals surface area contributed by atoms with Gasteiger partial charge in [-0.3, -0.25) is 14.5 Å². The maximum atomic E-state index is 11.5. The molecule has 0 spiro atoms. The Balaban J connectivity index is 2.18. The Morgan fingerprint density at radius 2 is 2.00 bits per heavy atom. The van der Waals surface area contributed by atoms with Crippen LogP contribution < -0.4 is 11.1 Å². The molecule has 1 rings (SSSR count). The van der Waals surface area contributed by atoms with E-state index in [0.29, 0.717) is 25.3 Å². The van der Waals surface area contributed by atoms with Crippen molar-refractivity contribution in [3.8, 4) is 0 Å². The first-order valence-electron chi connectivity index (χ1n) is 5.98. The number of nitrogens with one attached hydrogen (secondary N) is 1. The number of carbonyl (C=O) groups is 2. The molecule has 0 atom stereocenters. The van der Waals surface area contributed by atoms with Crippen molar-refractivity contribution in [2.24, 2.45) is 5.73 Å². The van der Waals surface area contributed by atoms with Crippen LogP contribution in [0, 0.1) is 0 Å². The molecule has 6 heteroatoms. The highest BCUT2D eigenvalue weighted by molar-refractivity contribution is 6.17. The molecule has 17 heavy (non-hydrogen) atoms. The lowest BCUT2D eigenvalue weighted by Gasteiger charge is -2.31. The molecule has 0 aliphatic carbocycles. The summed E-state index contributed by atoms with van der Waals surface area (Å²) < 4.78 is 0. The van der Waals surface area contributed by atoms with E-state index in [-0.39, 0.29) is 17.9 Å². The van der Waals surface area contributed by atoms with E-state index in [0.717, 1.165) is 25.9 Å². The second-order valence-corrected chi connectivity index (χ2v) is 4.75. The van der Waals surface area contributed by atoms with Gasteiger partial charge in [0, 0.05) is 31.4 Å². The van der Waals surface area contributed by atoms with Crippen molar-refractivity contribution >= 4 is 23.4 Å². The minimum Gasteiger partial charge on any atom is -0.369 e. The molecule has 1 aliphatic rings. The Morgan fingerprint density at radius 1 is 1.35 bits per heavy atom. The van der Waals surface area contributed by atoms with Crippen LogP contribution >= 0.6 is 11.6 Å². The molecular weight excluding hydrogens is 242 g/mol. The molecule has 3 N–H and O–H groups in total. The van der Waals surface area contributed by atoms with E-state index in [2.05, 4.69) is 5.32 Å². The predicted octanol–water partition coefficient (Wildman–Crippen LogP) is 0.0713. The Morgan fingerprint density at radius 3 is 2.53 bits per heavy atom. The monoisotopic (exact) mass is 261 g/mol. The molecule has 1 fully saturated rings. The summed E-state index contributed by atoms with van der Waals surface area (Å²) in [5.74, 6) is 0.290. The highest BCUT2D eigenvalue weighted by Crippen LogP contribution is 2.10. The van der Waals surface area contributed by atoms with Crippen molar-refractivity contribution in [1.29, 1.82) is 0 Å². The van der Waals surface area contributed by atoms with Crippen molar-refractivity contribution in [2.75, 3.05) is 25.5 Å². The van der Waals surface area contributed by atoms with Gasteiger partial charge in [-0.2, -0.15) is 0 Å². The van der Waals surface area contributed by atoms with Crippen LogP contribution in [-0.2, 0) is 9.59 Å². The Kier molecular flexibility index (Phi) is 6.29. The number of piperidine rings is 1. The molecule has 1 saturated heterocycles. The number of alkyl halides is 1. The summed E-state index contributed by atoms with van der Waals surface area (Å²) in [6.07, 6.45) is 2.96. The van der Waals surface area contributed by atoms with E-state index in [1.807, 2.05) is 4.90 Å². The molecule has 0 aromatic carbocycles. The highest BCUT2D eigenvalue weighted by Gasteiger charge is 2.21. The number of likely N-dealkylation sites (tertiary alicyclic amines) is 1. The molecule has 1 aliphatic heterocycles. The molecule has 2 amide bonds. The van der Waals surface area contributed by atoms with Crippen molar-refractivity contribution in [3.05, 3.63) is 0 Å². The van der Waals surface area contributed by atoms with E-state index >= 15 is 0 Å². The van der Waals surface area contributed by atoms with E-state index in [4.69, 9.17) is 17.3 Å². The molecular formula is C11H20ClN3O2. The smallest absolute Gasteiger partial charge is 0.231 e. The number of nitrogens with zero attached hydrogens (tertiary/aromatic N) is 1. The third kappa shape index (κ3) is 5.89. The Hall–Kier alpha value is -0.810. The minimum absolute atomic E-state index is 0.0685. The number of halogens is 1. The van der Waals surface area contributed by atoms with Crippen LogP contribution in [0.15, 0.2) is 0 Å². The Bertz CT molecular complexity index is 265. The van der Waals surface area contributed by atoms with Gasteiger partial charge in [0.1, 0.15) is 0 Å². The average molecular weight is 262 g/mol. The number of hydrogen-bond donors (Lipinski definition) is 2. The normalized spacial score (nSPS) is 17.9. The fourth-order valence-electron chi connectivity index (χ4n) is 1.98.